The van der Waals surface area contributed by atoms with Crippen LogP contribution in [0, 0.1) is 17.2 Å². The van der Waals surface area contributed by atoms with Crippen molar-refractivity contribution in [2.24, 2.45) is 11.7 Å². The molecule has 0 fully saturated rings. The van der Waals surface area contributed by atoms with E-state index < -0.39 is 23.9 Å². The van der Waals surface area contributed by atoms with E-state index in [4.69, 9.17) is 34.2 Å². The van der Waals surface area contributed by atoms with Gasteiger partial charge in [-0.15, -0.1) is 0 Å². The van der Waals surface area contributed by atoms with Crippen LogP contribution in [0.15, 0.2) is 10.1 Å². The monoisotopic (exact) mass is 234 g/mol. The van der Waals surface area contributed by atoms with Crippen LogP contribution in [0.3, 0.4) is 0 Å². The lowest BCUT2D eigenvalue weighted by Crippen LogP contribution is -2.33. The van der Waals surface area contributed by atoms with E-state index in [1.807, 2.05) is 0 Å². The number of halogens is 2. The Morgan fingerprint density at radius 2 is 2.21 bits per heavy atom. The summed E-state index contributed by atoms with van der Waals surface area (Å²) in [4.78, 5) is 21.6. The van der Waals surface area contributed by atoms with Crippen molar-refractivity contribution in [3.63, 3.8) is 0 Å². The fourth-order valence-electron chi connectivity index (χ4n) is 0.936. The molecule has 0 aromatic heterocycles. The lowest BCUT2D eigenvalue weighted by atomic mass is 10.0. The molecule has 7 heteroatoms. The summed E-state index contributed by atoms with van der Waals surface area (Å²) in [5.74, 6) is -3.10. The van der Waals surface area contributed by atoms with Crippen LogP contribution in [0.1, 0.15) is 0 Å². The van der Waals surface area contributed by atoms with Gasteiger partial charge in [0.2, 0.25) is 5.91 Å². The van der Waals surface area contributed by atoms with Gasteiger partial charge in [0, 0.05) is 0 Å². The number of hydrogen-bond donors (Lipinski definition) is 1. The van der Waals surface area contributed by atoms with Gasteiger partial charge in [0.25, 0.3) is 0 Å². The third kappa shape index (κ3) is 1.67. The Labute approximate surface area is 89.0 Å². The molecule has 74 valence electrons. The minimum atomic E-state index is -1.32. The average molecular weight is 235 g/mol. The van der Waals surface area contributed by atoms with E-state index in [-0.39, 0.29) is 10.1 Å². The van der Waals surface area contributed by atoms with Crippen LogP contribution in [0.2, 0.25) is 0 Å². The summed E-state index contributed by atoms with van der Waals surface area (Å²) in [7, 11) is 0. The predicted molar refractivity (Wildman–Crippen MR) is 46.9 cm³/mol. The van der Waals surface area contributed by atoms with E-state index in [9.17, 15) is 9.59 Å². The quantitative estimate of drug-likeness (QED) is 0.693. The number of amides is 1. The fraction of sp³-hybridized carbons (Fsp3) is 0.286. The molecule has 0 spiro atoms. The molecule has 0 aromatic rings. The van der Waals surface area contributed by atoms with Crippen molar-refractivity contribution in [2.45, 2.75) is 6.10 Å². The summed E-state index contributed by atoms with van der Waals surface area (Å²) >= 11 is 11.0. The lowest BCUT2D eigenvalue weighted by Gasteiger charge is -2.12. The highest BCUT2D eigenvalue weighted by atomic mass is 35.5. The Bertz CT molecular complexity index is 372. The van der Waals surface area contributed by atoms with E-state index in [0.29, 0.717) is 0 Å². The van der Waals surface area contributed by atoms with Crippen molar-refractivity contribution in [1.29, 1.82) is 5.26 Å². The Morgan fingerprint density at radius 3 is 2.50 bits per heavy atom. The second kappa shape index (κ2) is 3.86. The Hall–Kier alpha value is -1.25. The number of ether oxygens (including phenoxy) is 1. The molecule has 0 radical (unpaired) electrons. The SMILES string of the molecule is N#C[C@@H](C(N)=O)[C@H]1OC(=O)C(Cl)=C1Cl. The molecule has 5 nitrogen and oxygen atoms in total. The topological polar surface area (TPSA) is 93.2 Å². The molecule has 1 heterocycles. The summed E-state index contributed by atoms with van der Waals surface area (Å²) in [6.45, 7) is 0. The molecule has 14 heavy (non-hydrogen) atoms. The smallest absolute Gasteiger partial charge is 0.351 e. The zero-order chi connectivity index (χ0) is 10.9. The lowest BCUT2D eigenvalue weighted by molar-refractivity contribution is -0.141. The van der Waals surface area contributed by atoms with Crippen molar-refractivity contribution >= 4 is 35.1 Å². The Balaban J connectivity index is 2.99. The molecule has 1 aliphatic rings. The number of nitrogens with two attached hydrogens (primary N) is 1. The number of esters is 1. The molecule has 2 N–H and O–H groups in total. The van der Waals surface area contributed by atoms with Gasteiger partial charge in [-0.05, 0) is 0 Å². The van der Waals surface area contributed by atoms with Crippen molar-refractivity contribution in [2.75, 3.05) is 0 Å². The van der Waals surface area contributed by atoms with Crippen LogP contribution < -0.4 is 5.73 Å². The van der Waals surface area contributed by atoms with Crippen LogP contribution >= 0.6 is 23.2 Å². The molecule has 0 aliphatic carbocycles. The molecule has 2 atom stereocenters. The first-order valence-corrected chi connectivity index (χ1v) is 4.19. The van der Waals surface area contributed by atoms with E-state index in [0.717, 1.165) is 0 Å². The highest BCUT2D eigenvalue weighted by molar-refractivity contribution is 6.48. The fourth-order valence-corrected chi connectivity index (χ4v) is 1.34. The van der Waals surface area contributed by atoms with Gasteiger partial charge in [-0.2, -0.15) is 5.26 Å². The van der Waals surface area contributed by atoms with Crippen LogP contribution in [0.4, 0.5) is 0 Å². The minimum absolute atomic E-state index is 0.165. The van der Waals surface area contributed by atoms with Crippen LogP contribution in [0.25, 0.3) is 0 Å². The maximum absolute atomic E-state index is 10.9. The summed E-state index contributed by atoms with van der Waals surface area (Å²) in [6, 6.07) is 1.59. The highest BCUT2D eigenvalue weighted by Crippen LogP contribution is 2.32. The van der Waals surface area contributed by atoms with Crippen molar-refractivity contribution in [1.82, 2.24) is 0 Å². The molecule has 1 aliphatic heterocycles. The van der Waals surface area contributed by atoms with Crippen LogP contribution in [-0.4, -0.2) is 18.0 Å². The molecule has 0 saturated carbocycles. The normalized spacial score (nSPS) is 22.9. The van der Waals surface area contributed by atoms with E-state index in [2.05, 4.69) is 4.74 Å². The van der Waals surface area contributed by atoms with Crippen LogP contribution in [0.5, 0.6) is 0 Å². The number of carbonyl (C=O) groups excluding carboxylic acids is 2. The Kier molecular flexibility index (Phi) is 2.99. The van der Waals surface area contributed by atoms with Gasteiger partial charge in [0.05, 0.1) is 11.1 Å². The first-order valence-electron chi connectivity index (χ1n) is 3.44. The average Bonchev–Trinajstić information content (AvgIpc) is 2.35. The molecular weight excluding hydrogens is 231 g/mol. The van der Waals surface area contributed by atoms with Crippen molar-refractivity contribution in [3.8, 4) is 6.07 Å². The molecule has 0 saturated heterocycles. The largest absolute Gasteiger partial charge is 0.450 e. The number of cyclic esters (lactones) is 1. The molecule has 1 amide bonds. The van der Waals surface area contributed by atoms with Crippen molar-refractivity contribution < 1.29 is 14.3 Å². The molecular formula is C7H4Cl2N2O3. The van der Waals surface area contributed by atoms with E-state index >= 15 is 0 Å². The molecule has 0 bridgehead atoms. The third-order valence-electron chi connectivity index (χ3n) is 1.62. The number of rotatable bonds is 2. The summed E-state index contributed by atoms with van der Waals surface area (Å²) in [5, 5.41) is 8.09. The second-order valence-electron chi connectivity index (χ2n) is 2.50. The van der Waals surface area contributed by atoms with Gasteiger partial charge >= 0.3 is 5.97 Å². The molecule has 1 rings (SSSR count). The first-order chi connectivity index (χ1) is 6.49. The van der Waals surface area contributed by atoms with Gasteiger partial charge in [-0.1, -0.05) is 23.2 Å². The number of carbonyl (C=O) groups is 2. The zero-order valence-electron chi connectivity index (χ0n) is 6.66. The molecule has 0 unspecified atom stereocenters. The maximum Gasteiger partial charge on any atom is 0.351 e. The van der Waals surface area contributed by atoms with E-state index in [1.165, 1.54) is 0 Å². The summed E-state index contributed by atoms with van der Waals surface area (Å²) < 4.78 is 4.60. The number of primary amides is 1. The predicted octanol–water partition coefficient (Wildman–Crippen LogP) is 0.226. The van der Waals surface area contributed by atoms with Crippen molar-refractivity contribution in [3.05, 3.63) is 10.1 Å². The van der Waals surface area contributed by atoms with Gasteiger partial charge in [0.1, 0.15) is 5.03 Å². The Morgan fingerprint density at radius 1 is 1.64 bits per heavy atom. The van der Waals surface area contributed by atoms with Gasteiger partial charge in [-0.25, -0.2) is 4.79 Å². The summed E-state index contributed by atoms with van der Waals surface area (Å²) in [6.07, 6.45) is -1.18. The van der Waals surface area contributed by atoms with Gasteiger partial charge in [-0.3, -0.25) is 4.79 Å². The maximum atomic E-state index is 10.9. The standard InChI is InChI=1S/C7H4Cl2N2O3/c8-3-4(9)7(13)14-5(3)2(1-10)6(11)12/h2,5H,(H2,11,12)/t2-,5-/m1/s1. The first kappa shape index (κ1) is 10.8. The van der Waals surface area contributed by atoms with Gasteiger partial charge < -0.3 is 10.5 Å². The third-order valence-corrected chi connectivity index (χ3v) is 2.48. The minimum Gasteiger partial charge on any atom is -0.450 e. The second-order valence-corrected chi connectivity index (χ2v) is 3.28. The van der Waals surface area contributed by atoms with Crippen LogP contribution in [-0.2, 0) is 14.3 Å². The number of nitrogens with zero attached hydrogens (tertiary/aromatic N) is 1. The van der Waals surface area contributed by atoms with Gasteiger partial charge in [0.15, 0.2) is 12.0 Å². The summed E-state index contributed by atoms with van der Waals surface area (Å²) in [5.41, 5.74) is 4.90. The van der Waals surface area contributed by atoms with E-state index in [1.54, 1.807) is 6.07 Å². The molecule has 0 aromatic carbocycles. The number of hydrogen-bond acceptors (Lipinski definition) is 4. The number of nitriles is 1. The highest BCUT2D eigenvalue weighted by Gasteiger charge is 2.40. The zero-order valence-corrected chi connectivity index (χ0v) is 8.17.